The van der Waals surface area contributed by atoms with Gasteiger partial charge in [0.05, 0.1) is 12.5 Å². The van der Waals surface area contributed by atoms with Crippen LogP contribution in [0.3, 0.4) is 0 Å². The lowest BCUT2D eigenvalue weighted by Gasteiger charge is -2.24. The van der Waals surface area contributed by atoms with E-state index in [4.69, 9.17) is 17.2 Å². The van der Waals surface area contributed by atoms with E-state index >= 15 is 0 Å². The lowest BCUT2D eigenvalue weighted by Crippen LogP contribution is -2.58. The van der Waals surface area contributed by atoms with E-state index in [9.17, 15) is 33.9 Å². The van der Waals surface area contributed by atoms with Gasteiger partial charge in [0.15, 0.2) is 0 Å². The SMILES string of the molecule is CC(C)CC(NC(=O)C(CS)NC(=O)C(CC(N)=O)NC(=O)C(N)CCC(N)=O)C(=O)O. The quantitative estimate of drug-likeness (QED) is 0.113. The highest BCUT2D eigenvalue weighted by atomic mass is 32.1. The smallest absolute Gasteiger partial charge is 0.326 e. The lowest BCUT2D eigenvalue weighted by atomic mass is 10.0. The normalized spacial score (nSPS) is 14.5. The largest absolute Gasteiger partial charge is 0.480 e. The number of carbonyl (C=O) groups is 6. The third-order valence-corrected chi connectivity index (χ3v) is 4.58. The number of hydrogen-bond donors (Lipinski definition) is 8. The van der Waals surface area contributed by atoms with Gasteiger partial charge in [0, 0.05) is 12.2 Å². The molecule has 0 aromatic carbocycles. The molecule has 0 rings (SSSR count). The molecule has 0 fully saturated rings. The van der Waals surface area contributed by atoms with E-state index in [2.05, 4.69) is 28.6 Å². The van der Waals surface area contributed by atoms with Gasteiger partial charge in [0.25, 0.3) is 0 Å². The fraction of sp³-hybridized carbons (Fsp3) is 0.667. The number of carboxylic acids is 1. The van der Waals surface area contributed by atoms with E-state index in [0.29, 0.717) is 0 Å². The molecule has 0 saturated carbocycles. The molecule has 182 valence electrons. The van der Waals surface area contributed by atoms with Gasteiger partial charge in [-0.25, -0.2) is 4.79 Å². The summed E-state index contributed by atoms with van der Waals surface area (Å²) < 4.78 is 0. The van der Waals surface area contributed by atoms with Crippen molar-refractivity contribution in [3.63, 3.8) is 0 Å². The van der Waals surface area contributed by atoms with Crippen LogP contribution in [-0.4, -0.2) is 70.5 Å². The van der Waals surface area contributed by atoms with E-state index in [0.717, 1.165) is 0 Å². The zero-order valence-electron chi connectivity index (χ0n) is 18.0. The van der Waals surface area contributed by atoms with E-state index in [1.807, 2.05) is 0 Å². The highest BCUT2D eigenvalue weighted by Crippen LogP contribution is 2.06. The topological polar surface area (TPSA) is 237 Å². The second-order valence-corrected chi connectivity index (χ2v) is 7.98. The van der Waals surface area contributed by atoms with E-state index in [1.165, 1.54) is 0 Å². The number of primary amides is 2. The zero-order valence-corrected chi connectivity index (χ0v) is 18.9. The lowest BCUT2D eigenvalue weighted by molar-refractivity contribution is -0.142. The molecular weight excluding hydrogens is 444 g/mol. The van der Waals surface area contributed by atoms with Crippen molar-refractivity contribution in [2.24, 2.45) is 23.1 Å². The molecule has 4 atom stereocenters. The minimum Gasteiger partial charge on any atom is -0.480 e. The number of rotatable bonds is 15. The van der Waals surface area contributed by atoms with E-state index in [1.54, 1.807) is 13.8 Å². The van der Waals surface area contributed by atoms with Gasteiger partial charge in [-0.2, -0.15) is 12.6 Å². The molecule has 0 heterocycles. The van der Waals surface area contributed by atoms with Crippen LogP contribution in [0.25, 0.3) is 0 Å². The van der Waals surface area contributed by atoms with Crippen LogP contribution in [0.5, 0.6) is 0 Å². The van der Waals surface area contributed by atoms with Crippen LogP contribution in [-0.2, 0) is 28.8 Å². The van der Waals surface area contributed by atoms with E-state index < -0.39 is 66.1 Å². The predicted octanol–water partition coefficient (Wildman–Crippen LogP) is -3.03. The third-order valence-electron chi connectivity index (χ3n) is 4.21. The Morgan fingerprint density at radius 1 is 0.844 bits per heavy atom. The summed E-state index contributed by atoms with van der Waals surface area (Å²) in [5.74, 6) is -5.59. The first-order valence-electron chi connectivity index (χ1n) is 9.85. The number of hydrogen-bond acceptors (Lipinski definition) is 8. The molecule has 0 aliphatic rings. The molecule has 0 aliphatic heterocycles. The summed E-state index contributed by atoms with van der Waals surface area (Å²) >= 11 is 4.00. The average Bonchev–Trinajstić information content (AvgIpc) is 2.67. The van der Waals surface area contributed by atoms with Crippen LogP contribution in [0.2, 0.25) is 0 Å². The highest BCUT2D eigenvalue weighted by molar-refractivity contribution is 7.80. The number of nitrogens with two attached hydrogens (primary N) is 3. The van der Waals surface area contributed by atoms with Gasteiger partial charge in [-0.3, -0.25) is 24.0 Å². The van der Waals surface area contributed by atoms with Crippen molar-refractivity contribution in [2.75, 3.05) is 5.75 Å². The van der Waals surface area contributed by atoms with Gasteiger partial charge in [-0.05, 0) is 18.8 Å². The van der Waals surface area contributed by atoms with Gasteiger partial charge in [-0.15, -0.1) is 0 Å². The molecule has 5 amide bonds. The maximum Gasteiger partial charge on any atom is 0.326 e. The van der Waals surface area contributed by atoms with Crippen molar-refractivity contribution in [1.29, 1.82) is 0 Å². The number of thiol groups is 1. The van der Waals surface area contributed by atoms with Crippen LogP contribution in [0, 0.1) is 5.92 Å². The second kappa shape index (κ2) is 14.2. The number of nitrogens with one attached hydrogen (secondary N) is 3. The first kappa shape index (κ1) is 29.1. The number of amides is 5. The summed E-state index contributed by atoms with van der Waals surface area (Å²) in [6.45, 7) is 3.57. The number of carboxylic acid groups (broad SMARTS) is 1. The summed E-state index contributed by atoms with van der Waals surface area (Å²) in [7, 11) is 0. The Morgan fingerprint density at radius 2 is 1.34 bits per heavy atom. The van der Waals surface area contributed by atoms with Crippen LogP contribution < -0.4 is 33.2 Å². The van der Waals surface area contributed by atoms with Crippen molar-refractivity contribution < 1.29 is 33.9 Å². The van der Waals surface area contributed by atoms with Crippen LogP contribution in [0.15, 0.2) is 0 Å². The third kappa shape index (κ3) is 11.5. The highest BCUT2D eigenvalue weighted by Gasteiger charge is 2.30. The zero-order chi connectivity index (χ0) is 25.0. The summed E-state index contributed by atoms with van der Waals surface area (Å²) in [5.41, 5.74) is 15.8. The fourth-order valence-electron chi connectivity index (χ4n) is 2.55. The Balaban J connectivity index is 5.24. The minimum atomic E-state index is -1.46. The molecule has 0 aromatic rings. The average molecular weight is 477 g/mol. The number of aliphatic carboxylic acids is 1. The van der Waals surface area contributed by atoms with E-state index in [-0.39, 0.29) is 30.9 Å². The van der Waals surface area contributed by atoms with Gasteiger partial charge in [0.2, 0.25) is 29.5 Å². The molecule has 13 nitrogen and oxygen atoms in total. The van der Waals surface area contributed by atoms with Crippen molar-refractivity contribution in [1.82, 2.24) is 16.0 Å². The maximum absolute atomic E-state index is 12.6. The summed E-state index contributed by atoms with van der Waals surface area (Å²) in [6.07, 6.45) is -0.672. The molecule has 32 heavy (non-hydrogen) atoms. The first-order valence-corrected chi connectivity index (χ1v) is 10.5. The number of carbonyl (C=O) groups excluding carboxylic acids is 5. The van der Waals surface area contributed by atoms with Crippen molar-refractivity contribution >= 4 is 48.1 Å². The first-order chi connectivity index (χ1) is 14.8. The van der Waals surface area contributed by atoms with Crippen molar-refractivity contribution in [3.05, 3.63) is 0 Å². The standard InChI is InChI=1S/C18H32N6O7S/c1-8(2)5-11(18(30)31)23-17(29)12(7-32)24-16(28)10(6-14(21)26)22-15(27)9(19)3-4-13(20)25/h8-12,32H,3-7,19H2,1-2H3,(H2,20,25)(H2,21,26)(H,22,27)(H,23,29)(H,24,28)(H,30,31). The summed E-state index contributed by atoms with van der Waals surface area (Å²) in [4.78, 5) is 70.7. The predicted molar refractivity (Wildman–Crippen MR) is 117 cm³/mol. The molecule has 14 heteroatoms. The molecule has 0 aliphatic carbocycles. The molecule has 10 N–H and O–H groups in total. The van der Waals surface area contributed by atoms with Gasteiger partial charge < -0.3 is 38.3 Å². The van der Waals surface area contributed by atoms with Gasteiger partial charge in [0.1, 0.15) is 18.1 Å². The Kier molecular flexibility index (Phi) is 13.0. The van der Waals surface area contributed by atoms with Crippen molar-refractivity contribution in [2.45, 2.75) is 63.7 Å². The Labute approximate surface area is 191 Å². The van der Waals surface area contributed by atoms with Crippen LogP contribution in [0.1, 0.15) is 39.5 Å². The Bertz CT molecular complexity index is 718. The van der Waals surface area contributed by atoms with Crippen molar-refractivity contribution in [3.8, 4) is 0 Å². The van der Waals surface area contributed by atoms with Crippen LogP contribution >= 0.6 is 12.6 Å². The summed E-state index contributed by atoms with van der Waals surface area (Å²) in [5, 5.41) is 16.1. The molecule has 4 unspecified atom stereocenters. The minimum absolute atomic E-state index is 0.0191. The molecule has 0 spiro atoms. The van der Waals surface area contributed by atoms with Gasteiger partial charge >= 0.3 is 5.97 Å². The monoisotopic (exact) mass is 476 g/mol. The molecule has 0 saturated heterocycles. The molecular formula is C18H32N6O7S. The molecule has 0 aromatic heterocycles. The second-order valence-electron chi connectivity index (χ2n) is 7.62. The summed E-state index contributed by atoms with van der Waals surface area (Å²) in [6, 6.07) is -5.07. The fourth-order valence-corrected chi connectivity index (χ4v) is 2.81. The van der Waals surface area contributed by atoms with Gasteiger partial charge in [-0.1, -0.05) is 13.8 Å². The van der Waals surface area contributed by atoms with Crippen LogP contribution in [0.4, 0.5) is 0 Å². The molecule has 0 bridgehead atoms. The molecule has 0 radical (unpaired) electrons. The Morgan fingerprint density at radius 3 is 1.78 bits per heavy atom. The Hall–Kier alpha value is -2.87. The maximum atomic E-state index is 12.6.